The predicted octanol–water partition coefficient (Wildman–Crippen LogP) is 3.83. The van der Waals surface area contributed by atoms with E-state index in [0.717, 1.165) is 6.54 Å². The number of nitrogens with one attached hydrogen (secondary N) is 1. The first-order valence-electron chi connectivity index (χ1n) is 6.18. The largest absolute Gasteiger partial charge is 0.385 e. The van der Waals surface area contributed by atoms with E-state index < -0.39 is 0 Å². The first kappa shape index (κ1) is 13.0. The number of unbranched alkanes of at least 4 members (excludes halogenated alkanes) is 3. The summed E-state index contributed by atoms with van der Waals surface area (Å²) in [5, 5.41) is 3.45. The van der Waals surface area contributed by atoms with Crippen LogP contribution in [0.15, 0.2) is 24.3 Å². The Morgan fingerprint density at radius 3 is 2.81 bits per heavy atom. The molecule has 90 valence electrons. The van der Waals surface area contributed by atoms with Gasteiger partial charge in [-0.15, -0.1) is 0 Å². The average Bonchev–Trinajstić information content (AvgIpc) is 2.30. The summed E-state index contributed by atoms with van der Waals surface area (Å²) in [5.74, 6) is 0. The van der Waals surface area contributed by atoms with Crippen LogP contribution in [0.4, 0.5) is 5.69 Å². The molecule has 0 bridgehead atoms. The highest BCUT2D eigenvalue weighted by molar-refractivity contribution is 5.45. The monoisotopic (exact) mass is 221 g/mol. The molecule has 0 saturated carbocycles. The van der Waals surface area contributed by atoms with Gasteiger partial charge in [-0.05, 0) is 24.1 Å². The molecule has 0 heterocycles. The molecule has 0 radical (unpaired) electrons. The molecule has 0 aliphatic carbocycles. The molecular formula is C14H23NO. The summed E-state index contributed by atoms with van der Waals surface area (Å²) < 4.78 is 5.11. The summed E-state index contributed by atoms with van der Waals surface area (Å²) in [5.41, 5.74) is 2.42. The third kappa shape index (κ3) is 5.17. The minimum atomic E-state index is 0.686. The standard InChI is InChI=1S/C14H23NO/c1-3-4-5-6-10-15-14-9-7-8-13(11-14)12-16-2/h7-9,11,15H,3-6,10,12H2,1-2H3. The number of methoxy groups -OCH3 is 1. The molecule has 0 amide bonds. The van der Waals surface area contributed by atoms with Crippen molar-refractivity contribution in [2.75, 3.05) is 19.0 Å². The summed E-state index contributed by atoms with van der Waals surface area (Å²) in [7, 11) is 1.73. The van der Waals surface area contributed by atoms with E-state index in [4.69, 9.17) is 4.74 Å². The second-order valence-corrected chi connectivity index (χ2v) is 4.12. The SMILES string of the molecule is CCCCCCNc1cccc(COC)c1. The van der Waals surface area contributed by atoms with E-state index in [2.05, 4.69) is 36.5 Å². The number of hydrogen-bond acceptors (Lipinski definition) is 2. The normalized spacial score (nSPS) is 10.4. The number of hydrogen-bond donors (Lipinski definition) is 1. The van der Waals surface area contributed by atoms with Crippen LogP contribution in [0.5, 0.6) is 0 Å². The van der Waals surface area contributed by atoms with Crippen LogP contribution in [0, 0.1) is 0 Å². The number of ether oxygens (including phenoxy) is 1. The van der Waals surface area contributed by atoms with Crippen molar-refractivity contribution in [2.45, 2.75) is 39.2 Å². The molecule has 0 aromatic heterocycles. The molecule has 0 atom stereocenters. The molecule has 0 aliphatic heterocycles. The van der Waals surface area contributed by atoms with Crippen molar-refractivity contribution < 1.29 is 4.74 Å². The first-order valence-corrected chi connectivity index (χ1v) is 6.18. The summed E-state index contributed by atoms with van der Waals surface area (Å²) in [4.78, 5) is 0. The predicted molar refractivity (Wildman–Crippen MR) is 69.8 cm³/mol. The second kappa shape index (κ2) is 8.17. The van der Waals surface area contributed by atoms with E-state index in [1.807, 2.05) is 0 Å². The molecule has 0 fully saturated rings. The molecule has 1 aromatic rings. The van der Waals surface area contributed by atoms with Gasteiger partial charge in [0.2, 0.25) is 0 Å². The Morgan fingerprint density at radius 2 is 2.06 bits per heavy atom. The third-order valence-electron chi connectivity index (χ3n) is 2.60. The zero-order valence-corrected chi connectivity index (χ0v) is 10.5. The molecule has 16 heavy (non-hydrogen) atoms. The quantitative estimate of drug-likeness (QED) is 0.674. The van der Waals surface area contributed by atoms with Crippen LogP contribution in [-0.2, 0) is 11.3 Å². The van der Waals surface area contributed by atoms with Crippen LogP contribution in [0.25, 0.3) is 0 Å². The van der Waals surface area contributed by atoms with E-state index in [1.54, 1.807) is 7.11 Å². The van der Waals surface area contributed by atoms with Crippen molar-refractivity contribution in [3.05, 3.63) is 29.8 Å². The van der Waals surface area contributed by atoms with Gasteiger partial charge < -0.3 is 10.1 Å². The highest BCUT2D eigenvalue weighted by Gasteiger charge is 1.95. The maximum Gasteiger partial charge on any atom is 0.0713 e. The fourth-order valence-electron chi connectivity index (χ4n) is 1.72. The van der Waals surface area contributed by atoms with Gasteiger partial charge in [-0.3, -0.25) is 0 Å². The summed E-state index contributed by atoms with van der Waals surface area (Å²) in [6.45, 7) is 3.99. The maximum atomic E-state index is 5.11. The smallest absolute Gasteiger partial charge is 0.0713 e. The van der Waals surface area contributed by atoms with E-state index in [1.165, 1.54) is 36.9 Å². The topological polar surface area (TPSA) is 21.3 Å². The zero-order valence-electron chi connectivity index (χ0n) is 10.5. The van der Waals surface area contributed by atoms with Gasteiger partial charge in [-0.2, -0.15) is 0 Å². The molecule has 1 aromatic carbocycles. The van der Waals surface area contributed by atoms with Crippen molar-refractivity contribution in [3.8, 4) is 0 Å². The van der Waals surface area contributed by atoms with Crippen molar-refractivity contribution in [1.82, 2.24) is 0 Å². The Kier molecular flexibility index (Phi) is 6.66. The lowest BCUT2D eigenvalue weighted by atomic mass is 10.2. The minimum absolute atomic E-state index is 0.686. The molecule has 2 nitrogen and oxygen atoms in total. The average molecular weight is 221 g/mol. The fourth-order valence-corrected chi connectivity index (χ4v) is 1.72. The Labute approximate surface area is 99.0 Å². The van der Waals surface area contributed by atoms with Crippen molar-refractivity contribution >= 4 is 5.69 Å². The van der Waals surface area contributed by atoms with Crippen LogP contribution >= 0.6 is 0 Å². The lowest BCUT2D eigenvalue weighted by Crippen LogP contribution is -2.01. The van der Waals surface area contributed by atoms with E-state index in [9.17, 15) is 0 Å². The molecule has 1 N–H and O–H groups in total. The van der Waals surface area contributed by atoms with Crippen molar-refractivity contribution in [3.63, 3.8) is 0 Å². The van der Waals surface area contributed by atoms with E-state index in [0.29, 0.717) is 6.61 Å². The van der Waals surface area contributed by atoms with Crippen molar-refractivity contribution in [1.29, 1.82) is 0 Å². The van der Waals surface area contributed by atoms with Gasteiger partial charge in [0, 0.05) is 19.3 Å². The van der Waals surface area contributed by atoms with Gasteiger partial charge in [-0.1, -0.05) is 38.3 Å². The number of benzene rings is 1. The van der Waals surface area contributed by atoms with Crippen LogP contribution in [-0.4, -0.2) is 13.7 Å². The summed E-state index contributed by atoms with van der Waals surface area (Å²) in [6, 6.07) is 8.43. The Hall–Kier alpha value is -1.02. The molecule has 2 heteroatoms. The second-order valence-electron chi connectivity index (χ2n) is 4.12. The summed E-state index contributed by atoms with van der Waals surface area (Å²) in [6.07, 6.45) is 5.21. The van der Waals surface area contributed by atoms with Gasteiger partial charge in [0.15, 0.2) is 0 Å². The van der Waals surface area contributed by atoms with Crippen LogP contribution in [0.2, 0.25) is 0 Å². The molecule has 1 rings (SSSR count). The highest BCUT2D eigenvalue weighted by atomic mass is 16.5. The minimum Gasteiger partial charge on any atom is -0.385 e. The summed E-state index contributed by atoms with van der Waals surface area (Å²) >= 11 is 0. The number of anilines is 1. The molecule has 0 unspecified atom stereocenters. The Bertz CT molecular complexity index is 286. The molecule has 0 aliphatic rings. The van der Waals surface area contributed by atoms with Gasteiger partial charge in [0.25, 0.3) is 0 Å². The van der Waals surface area contributed by atoms with E-state index in [-0.39, 0.29) is 0 Å². The van der Waals surface area contributed by atoms with Gasteiger partial charge >= 0.3 is 0 Å². The highest BCUT2D eigenvalue weighted by Crippen LogP contribution is 2.11. The van der Waals surface area contributed by atoms with Crippen LogP contribution < -0.4 is 5.32 Å². The zero-order chi connectivity index (χ0) is 11.6. The lowest BCUT2D eigenvalue weighted by molar-refractivity contribution is 0.185. The first-order chi connectivity index (χ1) is 7.86. The van der Waals surface area contributed by atoms with Crippen molar-refractivity contribution in [2.24, 2.45) is 0 Å². The van der Waals surface area contributed by atoms with E-state index >= 15 is 0 Å². The van der Waals surface area contributed by atoms with Crippen LogP contribution in [0.1, 0.15) is 38.2 Å². The van der Waals surface area contributed by atoms with Gasteiger partial charge in [0.05, 0.1) is 6.61 Å². The maximum absolute atomic E-state index is 5.11. The fraction of sp³-hybridized carbons (Fsp3) is 0.571. The number of rotatable bonds is 8. The molecular weight excluding hydrogens is 198 g/mol. The van der Waals surface area contributed by atoms with Gasteiger partial charge in [0.1, 0.15) is 0 Å². The van der Waals surface area contributed by atoms with Gasteiger partial charge in [-0.25, -0.2) is 0 Å². The third-order valence-corrected chi connectivity index (χ3v) is 2.60. The molecule has 0 saturated heterocycles. The van der Waals surface area contributed by atoms with Crippen LogP contribution in [0.3, 0.4) is 0 Å². The Balaban J connectivity index is 2.27. The molecule has 0 spiro atoms. The Morgan fingerprint density at radius 1 is 1.19 bits per heavy atom. The lowest BCUT2D eigenvalue weighted by Gasteiger charge is -2.07.